The van der Waals surface area contributed by atoms with Crippen LogP contribution >= 0.6 is 0 Å². The van der Waals surface area contributed by atoms with Crippen molar-refractivity contribution in [3.05, 3.63) is 24.3 Å². The summed E-state index contributed by atoms with van der Waals surface area (Å²) in [6, 6.07) is 7.90. The van der Waals surface area contributed by atoms with Crippen molar-refractivity contribution in [1.82, 2.24) is 9.55 Å². The van der Waals surface area contributed by atoms with Crippen LogP contribution in [0.2, 0.25) is 0 Å². The predicted molar refractivity (Wildman–Crippen MR) is 77.7 cm³/mol. The van der Waals surface area contributed by atoms with Crippen LogP contribution in [0.4, 0.5) is 5.95 Å². The molecule has 0 bridgehead atoms. The van der Waals surface area contributed by atoms with Crippen LogP contribution in [0.5, 0.6) is 0 Å². The molecule has 2 heterocycles. The molecule has 0 aliphatic carbocycles. The van der Waals surface area contributed by atoms with Crippen molar-refractivity contribution >= 4 is 22.9 Å². The normalized spacial score (nSPS) is 19.2. The summed E-state index contributed by atoms with van der Waals surface area (Å²) in [4.78, 5) is 18.7. The number of ether oxygens (including phenoxy) is 1. The Morgan fingerprint density at radius 2 is 2.25 bits per heavy atom. The van der Waals surface area contributed by atoms with E-state index >= 15 is 0 Å². The zero-order valence-electron chi connectivity index (χ0n) is 11.9. The fourth-order valence-electron chi connectivity index (χ4n) is 2.74. The molecule has 3 rings (SSSR count). The number of anilines is 1. The van der Waals surface area contributed by atoms with E-state index in [0.717, 1.165) is 30.5 Å². The quantitative estimate of drug-likeness (QED) is 0.840. The monoisotopic (exact) mass is 273 g/mol. The molecule has 5 heteroatoms. The molecule has 1 aliphatic rings. The minimum atomic E-state index is -0.0476. The van der Waals surface area contributed by atoms with Gasteiger partial charge in [0, 0.05) is 20.7 Å². The van der Waals surface area contributed by atoms with Gasteiger partial charge in [-0.1, -0.05) is 12.1 Å². The lowest BCUT2D eigenvalue weighted by molar-refractivity contribution is -0.126. The van der Waals surface area contributed by atoms with Crippen LogP contribution in [0.25, 0.3) is 11.0 Å². The second kappa shape index (κ2) is 5.25. The molecule has 1 aromatic carbocycles. The molecule has 1 aromatic heterocycles. The highest BCUT2D eigenvalue weighted by molar-refractivity contribution is 5.95. The van der Waals surface area contributed by atoms with Crippen molar-refractivity contribution in [2.45, 2.75) is 12.8 Å². The van der Waals surface area contributed by atoms with Crippen molar-refractivity contribution in [1.29, 1.82) is 0 Å². The van der Waals surface area contributed by atoms with Gasteiger partial charge in [-0.05, 0) is 25.0 Å². The number of aromatic nitrogens is 2. The Kier molecular flexibility index (Phi) is 3.44. The molecule has 1 amide bonds. The van der Waals surface area contributed by atoms with Crippen LogP contribution in [0.1, 0.15) is 12.8 Å². The van der Waals surface area contributed by atoms with E-state index < -0.39 is 0 Å². The minimum Gasteiger partial charge on any atom is -0.381 e. The van der Waals surface area contributed by atoms with Crippen LogP contribution in [0.3, 0.4) is 0 Å². The number of hydrogen-bond donors (Lipinski definition) is 0. The van der Waals surface area contributed by atoms with Gasteiger partial charge < -0.3 is 9.30 Å². The second-order valence-corrected chi connectivity index (χ2v) is 5.27. The molecule has 0 radical (unpaired) electrons. The summed E-state index contributed by atoms with van der Waals surface area (Å²) in [5.41, 5.74) is 1.94. The van der Waals surface area contributed by atoms with Gasteiger partial charge in [0.05, 0.1) is 23.6 Å². The van der Waals surface area contributed by atoms with Crippen LogP contribution in [-0.4, -0.2) is 35.7 Å². The number of carbonyl (C=O) groups excluding carboxylic acids is 1. The maximum atomic E-state index is 12.5. The summed E-state index contributed by atoms with van der Waals surface area (Å²) in [7, 11) is 3.73. The molecule has 2 aromatic rings. The summed E-state index contributed by atoms with van der Waals surface area (Å²) in [6.07, 6.45) is 1.85. The first-order valence-electron chi connectivity index (χ1n) is 6.95. The summed E-state index contributed by atoms with van der Waals surface area (Å²) < 4.78 is 7.36. The van der Waals surface area contributed by atoms with E-state index in [1.54, 1.807) is 11.9 Å². The van der Waals surface area contributed by atoms with Gasteiger partial charge in [0.2, 0.25) is 11.9 Å². The lowest BCUT2D eigenvalue weighted by atomic mass is 10.0. The smallest absolute Gasteiger partial charge is 0.234 e. The third kappa shape index (κ3) is 2.18. The fraction of sp³-hybridized carbons (Fsp3) is 0.467. The molecule has 5 nitrogen and oxygen atoms in total. The number of nitrogens with zero attached hydrogens (tertiary/aromatic N) is 3. The fourth-order valence-corrected chi connectivity index (χ4v) is 2.74. The first-order valence-corrected chi connectivity index (χ1v) is 6.95. The molecule has 106 valence electrons. The molecule has 1 fully saturated rings. The molecule has 1 atom stereocenters. The first-order chi connectivity index (χ1) is 9.68. The zero-order chi connectivity index (χ0) is 14.1. The Morgan fingerprint density at radius 3 is 2.95 bits per heavy atom. The number of carbonyl (C=O) groups is 1. The van der Waals surface area contributed by atoms with E-state index in [1.807, 2.05) is 35.9 Å². The van der Waals surface area contributed by atoms with E-state index in [2.05, 4.69) is 4.98 Å². The second-order valence-electron chi connectivity index (χ2n) is 5.27. The van der Waals surface area contributed by atoms with E-state index in [-0.39, 0.29) is 11.8 Å². The van der Waals surface area contributed by atoms with Gasteiger partial charge in [-0.3, -0.25) is 9.69 Å². The maximum absolute atomic E-state index is 12.5. The third-order valence-electron chi connectivity index (χ3n) is 3.90. The van der Waals surface area contributed by atoms with Crippen molar-refractivity contribution in [3.63, 3.8) is 0 Å². The van der Waals surface area contributed by atoms with Gasteiger partial charge in [0.15, 0.2) is 0 Å². The number of imidazole rings is 1. The van der Waals surface area contributed by atoms with Crippen LogP contribution in [0.15, 0.2) is 24.3 Å². The molecular weight excluding hydrogens is 254 g/mol. The third-order valence-corrected chi connectivity index (χ3v) is 3.90. The zero-order valence-corrected chi connectivity index (χ0v) is 11.9. The van der Waals surface area contributed by atoms with Crippen molar-refractivity contribution in [2.75, 3.05) is 25.2 Å². The van der Waals surface area contributed by atoms with Gasteiger partial charge in [0.1, 0.15) is 0 Å². The molecule has 0 N–H and O–H groups in total. The SMILES string of the molecule is CN(C(=O)C1CCCOC1)c1nc2ccccc2n1C. The number of fused-ring (bicyclic) bond motifs is 1. The number of hydrogen-bond acceptors (Lipinski definition) is 3. The lowest BCUT2D eigenvalue weighted by Crippen LogP contribution is -2.38. The lowest BCUT2D eigenvalue weighted by Gasteiger charge is -2.25. The van der Waals surface area contributed by atoms with Crippen molar-refractivity contribution in [3.8, 4) is 0 Å². The van der Waals surface area contributed by atoms with Gasteiger partial charge in [-0.25, -0.2) is 4.98 Å². The average Bonchev–Trinajstić information content (AvgIpc) is 2.84. The molecule has 0 saturated carbocycles. The van der Waals surface area contributed by atoms with E-state index in [9.17, 15) is 4.79 Å². The Morgan fingerprint density at radius 1 is 1.45 bits per heavy atom. The summed E-state index contributed by atoms with van der Waals surface area (Å²) in [5.74, 6) is 0.721. The highest BCUT2D eigenvalue weighted by Gasteiger charge is 2.27. The standard InChI is InChI=1S/C15H19N3O2/c1-17-13-8-4-3-7-12(13)16-15(17)18(2)14(19)11-6-5-9-20-10-11/h3-4,7-8,11H,5-6,9-10H2,1-2H3. The van der Waals surface area contributed by atoms with Gasteiger partial charge in [0.25, 0.3) is 0 Å². The Hall–Kier alpha value is -1.88. The van der Waals surface area contributed by atoms with E-state index in [0.29, 0.717) is 12.6 Å². The molecule has 20 heavy (non-hydrogen) atoms. The molecule has 1 unspecified atom stereocenters. The number of benzene rings is 1. The summed E-state index contributed by atoms with van der Waals surface area (Å²) in [5, 5.41) is 0. The number of aryl methyl sites for hydroxylation is 1. The van der Waals surface area contributed by atoms with Crippen molar-refractivity contribution < 1.29 is 9.53 Å². The number of para-hydroxylation sites is 2. The van der Waals surface area contributed by atoms with Crippen LogP contribution in [-0.2, 0) is 16.6 Å². The summed E-state index contributed by atoms with van der Waals surface area (Å²) >= 11 is 0. The average molecular weight is 273 g/mol. The first kappa shape index (κ1) is 13.1. The Labute approximate surface area is 118 Å². The van der Waals surface area contributed by atoms with Gasteiger partial charge in [-0.15, -0.1) is 0 Å². The topological polar surface area (TPSA) is 47.4 Å². The summed E-state index contributed by atoms with van der Waals surface area (Å²) in [6.45, 7) is 1.28. The Bertz CT molecular complexity index is 629. The van der Waals surface area contributed by atoms with E-state index in [4.69, 9.17) is 4.74 Å². The highest BCUT2D eigenvalue weighted by Crippen LogP contribution is 2.23. The molecule has 1 saturated heterocycles. The van der Waals surface area contributed by atoms with Gasteiger partial charge >= 0.3 is 0 Å². The largest absolute Gasteiger partial charge is 0.381 e. The van der Waals surface area contributed by atoms with Gasteiger partial charge in [-0.2, -0.15) is 0 Å². The maximum Gasteiger partial charge on any atom is 0.234 e. The van der Waals surface area contributed by atoms with E-state index in [1.165, 1.54) is 0 Å². The predicted octanol–water partition coefficient (Wildman–Crippen LogP) is 1.96. The highest BCUT2D eigenvalue weighted by atomic mass is 16.5. The van der Waals surface area contributed by atoms with Crippen LogP contribution < -0.4 is 4.90 Å². The molecule has 1 aliphatic heterocycles. The number of amides is 1. The minimum absolute atomic E-state index is 0.0476. The Balaban J connectivity index is 1.89. The number of rotatable bonds is 2. The molecule has 0 spiro atoms. The van der Waals surface area contributed by atoms with Crippen LogP contribution in [0, 0.1) is 5.92 Å². The molecular formula is C15H19N3O2. The van der Waals surface area contributed by atoms with Crippen molar-refractivity contribution in [2.24, 2.45) is 13.0 Å².